The first kappa shape index (κ1) is 26.5. The molecule has 35 heavy (non-hydrogen) atoms. The fourth-order valence-electron chi connectivity index (χ4n) is 3.35. The van der Waals surface area contributed by atoms with E-state index in [-0.39, 0.29) is 24.3 Å². The number of hydrogen-bond acceptors (Lipinski definition) is 5. The number of amides is 1. The lowest BCUT2D eigenvalue weighted by atomic mass is 9.76. The zero-order valence-electron chi connectivity index (χ0n) is 19.9. The van der Waals surface area contributed by atoms with Crippen molar-refractivity contribution in [3.63, 3.8) is 0 Å². The van der Waals surface area contributed by atoms with Crippen LogP contribution in [0.15, 0.2) is 54.0 Å². The molecule has 1 fully saturated rings. The highest BCUT2D eigenvalue weighted by molar-refractivity contribution is 6.56. The number of ether oxygens (including phenoxy) is 1. The third-order valence-corrected chi connectivity index (χ3v) is 6.00. The lowest BCUT2D eigenvalue weighted by Gasteiger charge is -2.32. The lowest BCUT2D eigenvalue weighted by molar-refractivity contribution is -0.137. The number of alkyl carbamates (subject to hydrolysis) is 1. The summed E-state index contributed by atoms with van der Waals surface area (Å²) in [6.07, 6.45) is -3.58. The van der Waals surface area contributed by atoms with Gasteiger partial charge in [0.2, 0.25) is 0 Å². The minimum Gasteiger partial charge on any atom is -0.445 e. The monoisotopic (exact) mass is 489 g/mol. The summed E-state index contributed by atoms with van der Waals surface area (Å²) in [7, 11) is -0.941. The number of carbonyl (C=O) groups is 2. The average Bonchev–Trinajstić information content (AvgIpc) is 3.01. The van der Waals surface area contributed by atoms with Crippen molar-refractivity contribution in [3.8, 4) is 0 Å². The Balaban J connectivity index is 1.85. The summed E-state index contributed by atoms with van der Waals surface area (Å²) in [5.74, 6) is 0. The molecule has 1 aliphatic heterocycles. The quantitative estimate of drug-likeness (QED) is 0.413. The smallest absolute Gasteiger partial charge is 0.445 e. The maximum atomic E-state index is 13.3. The van der Waals surface area contributed by atoms with Crippen LogP contribution in [0, 0.1) is 0 Å². The minimum atomic E-state index is -4.63. The van der Waals surface area contributed by atoms with Gasteiger partial charge in [0.15, 0.2) is 0 Å². The first-order valence-corrected chi connectivity index (χ1v) is 11.0. The Labute approximate surface area is 202 Å². The molecule has 3 rings (SSSR count). The van der Waals surface area contributed by atoms with E-state index in [0.29, 0.717) is 11.8 Å². The molecule has 2 aromatic rings. The van der Waals surface area contributed by atoms with Gasteiger partial charge < -0.3 is 19.4 Å². The van der Waals surface area contributed by atoms with Gasteiger partial charge in [0.05, 0.1) is 16.8 Å². The summed E-state index contributed by atoms with van der Waals surface area (Å²) < 4.78 is 57.3. The minimum absolute atomic E-state index is 0.0541. The summed E-state index contributed by atoms with van der Waals surface area (Å²) >= 11 is 0. The molecule has 1 heterocycles. The van der Waals surface area contributed by atoms with Crippen LogP contribution in [-0.4, -0.2) is 37.2 Å². The van der Waals surface area contributed by atoms with Crippen molar-refractivity contribution in [1.82, 2.24) is 5.32 Å². The molecule has 10 heteroatoms. The van der Waals surface area contributed by atoms with Crippen LogP contribution in [0.25, 0.3) is 6.08 Å². The third-order valence-electron chi connectivity index (χ3n) is 6.00. The Morgan fingerprint density at radius 1 is 1.03 bits per heavy atom. The number of hydrogen-bond donors (Lipinski definition) is 1. The van der Waals surface area contributed by atoms with E-state index < -0.39 is 36.2 Å². The van der Waals surface area contributed by atoms with Gasteiger partial charge in [0.25, 0.3) is 0 Å². The summed E-state index contributed by atoms with van der Waals surface area (Å²) in [4.78, 5) is 23.5. The molecule has 1 amide bonds. The highest BCUT2D eigenvalue weighted by Crippen LogP contribution is 2.39. The zero-order chi connectivity index (χ0) is 25.9. The topological polar surface area (TPSA) is 73.9 Å². The van der Waals surface area contributed by atoms with Crippen molar-refractivity contribution < 1.29 is 36.8 Å². The van der Waals surface area contributed by atoms with Gasteiger partial charge in [0.1, 0.15) is 12.9 Å². The Hall–Kier alpha value is -3.11. The molecule has 0 aromatic heterocycles. The van der Waals surface area contributed by atoms with Crippen molar-refractivity contribution in [2.75, 3.05) is 6.54 Å². The first-order chi connectivity index (χ1) is 16.3. The number of carbonyl (C=O) groups excluding carboxylic acids is 2. The van der Waals surface area contributed by atoms with E-state index in [0.717, 1.165) is 17.7 Å². The van der Waals surface area contributed by atoms with Crippen LogP contribution in [0.3, 0.4) is 0 Å². The number of rotatable bonds is 7. The van der Waals surface area contributed by atoms with Crippen LogP contribution in [-0.2, 0) is 26.8 Å². The molecule has 0 radical (unpaired) electrons. The predicted octanol–water partition coefficient (Wildman–Crippen LogP) is 5.46. The van der Waals surface area contributed by atoms with Gasteiger partial charge in [-0.1, -0.05) is 36.4 Å². The summed E-state index contributed by atoms with van der Waals surface area (Å²) in [6, 6.07) is 12.1. The molecule has 1 N–H and O–H groups in total. The van der Waals surface area contributed by atoms with E-state index in [9.17, 15) is 22.8 Å². The fraction of sp³-hybridized carbons (Fsp3) is 0.360. The molecule has 0 saturated carbocycles. The molecule has 0 bridgehead atoms. The number of halogens is 3. The van der Waals surface area contributed by atoms with Gasteiger partial charge in [-0.3, -0.25) is 4.79 Å². The van der Waals surface area contributed by atoms with Crippen LogP contribution in [0.2, 0.25) is 0 Å². The van der Waals surface area contributed by atoms with Crippen molar-refractivity contribution in [2.45, 2.75) is 51.7 Å². The molecule has 6 nitrogen and oxygen atoms in total. The number of nitrogens with one attached hydrogen (secondary N) is 1. The molecule has 186 valence electrons. The SMILES string of the molecule is CC1(C)OB(C(=Cc2cc(C=O)cc(C(F)(F)F)c2)CNC(=O)OCc2ccccc2)OC1(C)C. The molecule has 0 spiro atoms. The van der Waals surface area contributed by atoms with E-state index >= 15 is 0 Å². The normalized spacial score (nSPS) is 17.2. The average molecular weight is 489 g/mol. The van der Waals surface area contributed by atoms with Gasteiger partial charge >= 0.3 is 19.4 Å². The van der Waals surface area contributed by atoms with E-state index in [4.69, 9.17) is 14.0 Å². The van der Waals surface area contributed by atoms with E-state index in [1.54, 1.807) is 12.1 Å². The number of aldehydes is 1. The maximum Gasteiger partial charge on any atom is 0.492 e. The van der Waals surface area contributed by atoms with Crippen molar-refractivity contribution >= 4 is 25.6 Å². The molecule has 1 saturated heterocycles. The molecular formula is C25H27BF3NO5. The summed E-state index contributed by atoms with van der Waals surface area (Å²) in [6.45, 7) is 7.28. The van der Waals surface area contributed by atoms with E-state index in [1.807, 2.05) is 45.9 Å². The van der Waals surface area contributed by atoms with Crippen LogP contribution in [0.4, 0.5) is 18.0 Å². The summed E-state index contributed by atoms with van der Waals surface area (Å²) in [5.41, 5.74) is -1.25. The lowest BCUT2D eigenvalue weighted by Crippen LogP contribution is -2.41. The van der Waals surface area contributed by atoms with E-state index in [1.165, 1.54) is 12.1 Å². The second-order valence-electron chi connectivity index (χ2n) is 9.23. The molecule has 0 atom stereocenters. The van der Waals surface area contributed by atoms with Gasteiger partial charge in [-0.25, -0.2) is 4.79 Å². The Kier molecular flexibility index (Phi) is 7.76. The first-order valence-electron chi connectivity index (χ1n) is 11.0. The van der Waals surface area contributed by atoms with Crippen LogP contribution in [0.1, 0.15) is 54.7 Å². The Morgan fingerprint density at radius 3 is 2.20 bits per heavy atom. The number of alkyl halides is 3. The third kappa shape index (κ3) is 6.73. The number of benzene rings is 2. The Morgan fingerprint density at radius 2 is 1.63 bits per heavy atom. The van der Waals surface area contributed by atoms with Crippen LogP contribution in [0.5, 0.6) is 0 Å². The summed E-state index contributed by atoms with van der Waals surface area (Å²) in [5, 5.41) is 2.60. The highest BCUT2D eigenvalue weighted by Gasteiger charge is 2.52. The molecule has 0 unspecified atom stereocenters. The van der Waals surface area contributed by atoms with Crippen molar-refractivity contribution in [3.05, 3.63) is 76.3 Å². The largest absolute Gasteiger partial charge is 0.492 e. The molecule has 2 aromatic carbocycles. The molecular weight excluding hydrogens is 462 g/mol. The highest BCUT2D eigenvalue weighted by atomic mass is 19.4. The standard InChI is InChI=1S/C25H27BF3NO5/c1-23(2)24(3,4)35-26(34-23)21(14-30-22(32)33-16-17-8-6-5-7-9-17)13-18-10-19(15-31)12-20(11-18)25(27,28)29/h5-13,15H,14,16H2,1-4H3,(H,30,32). The van der Waals surface area contributed by atoms with Crippen molar-refractivity contribution in [2.24, 2.45) is 0 Å². The van der Waals surface area contributed by atoms with Gasteiger partial charge in [0, 0.05) is 12.1 Å². The van der Waals surface area contributed by atoms with Crippen molar-refractivity contribution in [1.29, 1.82) is 0 Å². The predicted molar refractivity (Wildman–Crippen MR) is 126 cm³/mol. The fourth-order valence-corrected chi connectivity index (χ4v) is 3.35. The van der Waals surface area contributed by atoms with E-state index in [2.05, 4.69) is 5.32 Å². The van der Waals surface area contributed by atoms with Crippen LogP contribution < -0.4 is 5.32 Å². The van der Waals surface area contributed by atoms with Gasteiger partial charge in [-0.15, -0.1) is 0 Å². The van der Waals surface area contributed by atoms with Crippen LogP contribution >= 0.6 is 0 Å². The zero-order valence-corrected chi connectivity index (χ0v) is 19.9. The molecule has 0 aliphatic carbocycles. The Bertz CT molecular complexity index is 1080. The van der Waals surface area contributed by atoms with Gasteiger partial charge in [-0.05, 0) is 62.5 Å². The second kappa shape index (κ2) is 10.3. The maximum absolute atomic E-state index is 13.3. The molecule has 1 aliphatic rings. The van der Waals surface area contributed by atoms with Gasteiger partial charge in [-0.2, -0.15) is 13.2 Å². The second-order valence-corrected chi connectivity index (χ2v) is 9.23.